The third-order valence-corrected chi connectivity index (χ3v) is 3.71. The summed E-state index contributed by atoms with van der Waals surface area (Å²) in [5, 5.41) is 12.4. The number of likely N-dealkylation sites (tertiary alicyclic amines) is 1. The molecule has 1 amide bonds. The minimum atomic E-state index is -0.318. The molecule has 2 heterocycles. The summed E-state index contributed by atoms with van der Waals surface area (Å²) < 4.78 is 0. The molecule has 5 heteroatoms. The van der Waals surface area contributed by atoms with E-state index in [1.165, 1.54) is 0 Å². The van der Waals surface area contributed by atoms with Crippen molar-refractivity contribution in [2.45, 2.75) is 25.0 Å². The Hall–Kier alpha value is -1.59. The van der Waals surface area contributed by atoms with Gasteiger partial charge in [0.25, 0.3) is 0 Å². The standard InChI is InChI=1S/C13H16N3O2/c14-9-1-2-11-8(5-9)6-12(13(18)15-11)16-4-3-10(17)7-16/h1-2,5,10,12,14,17H,3-4,6-7H2,(H,15,18)/t10-,12?/m0/s1. The first kappa shape index (κ1) is 11.5. The quantitative estimate of drug-likeness (QED) is 0.759. The highest BCUT2D eigenvalue weighted by molar-refractivity contribution is 5.98. The summed E-state index contributed by atoms with van der Waals surface area (Å²) in [4.78, 5) is 14.1. The Morgan fingerprint density at radius 3 is 3.00 bits per heavy atom. The van der Waals surface area contributed by atoms with Crippen molar-refractivity contribution >= 4 is 17.3 Å². The number of amides is 1. The summed E-state index contributed by atoms with van der Waals surface area (Å²) >= 11 is 0. The molecule has 0 aliphatic carbocycles. The van der Waals surface area contributed by atoms with Crippen molar-refractivity contribution < 1.29 is 9.90 Å². The summed E-state index contributed by atoms with van der Waals surface area (Å²) in [5.74, 6) is -0.00525. The van der Waals surface area contributed by atoms with Gasteiger partial charge in [-0.15, -0.1) is 0 Å². The second-order valence-corrected chi connectivity index (χ2v) is 5.02. The molecule has 1 unspecified atom stereocenters. The van der Waals surface area contributed by atoms with Crippen LogP contribution >= 0.6 is 0 Å². The highest BCUT2D eigenvalue weighted by Crippen LogP contribution is 2.28. The highest BCUT2D eigenvalue weighted by Gasteiger charge is 2.34. The number of nitrogens with one attached hydrogen (secondary N) is 2. The van der Waals surface area contributed by atoms with Gasteiger partial charge >= 0.3 is 0 Å². The van der Waals surface area contributed by atoms with Crippen molar-refractivity contribution in [3.63, 3.8) is 0 Å². The molecule has 0 spiro atoms. The van der Waals surface area contributed by atoms with Gasteiger partial charge in [0.05, 0.1) is 17.8 Å². The molecule has 3 N–H and O–H groups in total. The zero-order valence-electron chi connectivity index (χ0n) is 10.0. The Labute approximate surface area is 106 Å². The van der Waals surface area contributed by atoms with E-state index in [1.54, 1.807) is 18.2 Å². The minimum absolute atomic E-state index is 0.00525. The number of nitrogens with zero attached hydrogens (tertiary/aromatic N) is 1. The number of β-amino-alcohol motifs (C(OH)–C–C–N with tert-alkyl or cyclic N) is 1. The molecule has 0 saturated carbocycles. The van der Waals surface area contributed by atoms with Gasteiger partial charge in [-0.1, -0.05) is 0 Å². The molecule has 1 aromatic rings. The van der Waals surface area contributed by atoms with Crippen LogP contribution in [0.15, 0.2) is 18.2 Å². The zero-order chi connectivity index (χ0) is 12.7. The molecular formula is C13H16N3O2. The van der Waals surface area contributed by atoms with E-state index in [1.807, 2.05) is 4.90 Å². The average molecular weight is 246 g/mol. The van der Waals surface area contributed by atoms with E-state index in [0.717, 1.165) is 24.2 Å². The minimum Gasteiger partial charge on any atom is -0.392 e. The van der Waals surface area contributed by atoms with E-state index in [9.17, 15) is 9.90 Å². The topological polar surface area (TPSA) is 76.4 Å². The van der Waals surface area contributed by atoms with Gasteiger partial charge in [-0.25, -0.2) is 0 Å². The lowest BCUT2D eigenvalue weighted by atomic mass is 9.97. The number of fused-ring (bicyclic) bond motifs is 1. The maximum absolute atomic E-state index is 12.1. The van der Waals surface area contributed by atoms with Crippen molar-refractivity contribution in [1.82, 2.24) is 10.6 Å². The summed E-state index contributed by atoms with van der Waals surface area (Å²) in [5.41, 5.74) is 9.91. The largest absolute Gasteiger partial charge is 0.392 e. The molecule has 95 valence electrons. The van der Waals surface area contributed by atoms with E-state index >= 15 is 0 Å². The average Bonchev–Trinajstić information content (AvgIpc) is 2.75. The fourth-order valence-electron chi connectivity index (χ4n) is 2.75. The number of carbonyl (C=O) groups is 1. The Bertz CT molecular complexity index is 489. The molecule has 1 saturated heterocycles. The molecular weight excluding hydrogens is 230 g/mol. The molecule has 1 radical (unpaired) electrons. The van der Waals surface area contributed by atoms with E-state index in [0.29, 0.717) is 18.7 Å². The van der Waals surface area contributed by atoms with Crippen LogP contribution in [0.4, 0.5) is 11.4 Å². The molecule has 1 aromatic carbocycles. The van der Waals surface area contributed by atoms with Gasteiger partial charge < -0.3 is 16.2 Å². The first-order chi connectivity index (χ1) is 8.63. The summed E-state index contributed by atoms with van der Waals surface area (Å²) in [6.07, 6.45) is 1.04. The first-order valence-corrected chi connectivity index (χ1v) is 6.21. The maximum atomic E-state index is 12.1. The number of anilines is 1. The fraction of sp³-hybridized carbons (Fsp3) is 0.462. The molecule has 2 aliphatic heterocycles. The zero-order valence-corrected chi connectivity index (χ0v) is 10.0. The van der Waals surface area contributed by atoms with Gasteiger partial charge in [0.1, 0.15) is 0 Å². The molecule has 2 atom stereocenters. The maximum Gasteiger partial charge on any atom is 0.242 e. The van der Waals surface area contributed by atoms with Gasteiger partial charge in [-0.2, -0.15) is 0 Å². The molecule has 5 nitrogen and oxygen atoms in total. The molecule has 2 aliphatic rings. The third kappa shape index (κ3) is 1.95. The Morgan fingerprint density at radius 1 is 1.44 bits per heavy atom. The van der Waals surface area contributed by atoms with Crippen molar-refractivity contribution in [2.24, 2.45) is 0 Å². The Morgan fingerprint density at radius 2 is 2.28 bits per heavy atom. The van der Waals surface area contributed by atoms with Crippen molar-refractivity contribution in [3.05, 3.63) is 23.8 Å². The first-order valence-electron chi connectivity index (χ1n) is 6.21. The normalized spacial score (nSPS) is 27.9. The molecule has 18 heavy (non-hydrogen) atoms. The van der Waals surface area contributed by atoms with E-state index < -0.39 is 0 Å². The SMILES string of the molecule is [NH]c1ccc2c(c1)CC(N1CC[C@H](O)C1)C(=O)N2. The number of aliphatic hydroxyl groups excluding tert-OH is 1. The van der Waals surface area contributed by atoms with Crippen molar-refractivity contribution in [3.8, 4) is 0 Å². The fourth-order valence-corrected chi connectivity index (χ4v) is 2.75. The second-order valence-electron chi connectivity index (χ2n) is 5.02. The number of hydrogen-bond donors (Lipinski definition) is 2. The number of hydrogen-bond acceptors (Lipinski definition) is 3. The van der Waals surface area contributed by atoms with Crippen LogP contribution in [0, 0.1) is 0 Å². The van der Waals surface area contributed by atoms with Crippen LogP contribution in [0.3, 0.4) is 0 Å². The third-order valence-electron chi connectivity index (χ3n) is 3.71. The smallest absolute Gasteiger partial charge is 0.242 e. The van der Waals surface area contributed by atoms with E-state index in [4.69, 9.17) is 5.73 Å². The van der Waals surface area contributed by atoms with Crippen LogP contribution in [-0.2, 0) is 11.2 Å². The molecule has 0 aromatic heterocycles. The molecule has 1 fully saturated rings. The number of rotatable bonds is 1. The number of benzene rings is 1. The van der Waals surface area contributed by atoms with Crippen LogP contribution in [0.25, 0.3) is 0 Å². The van der Waals surface area contributed by atoms with Gasteiger partial charge in [0, 0.05) is 18.8 Å². The predicted molar refractivity (Wildman–Crippen MR) is 67.5 cm³/mol. The van der Waals surface area contributed by atoms with Gasteiger partial charge in [0.15, 0.2) is 0 Å². The van der Waals surface area contributed by atoms with Crippen LogP contribution in [-0.4, -0.2) is 41.1 Å². The van der Waals surface area contributed by atoms with Crippen LogP contribution in [0.2, 0.25) is 0 Å². The van der Waals surface area contributed by atoms with Crippen LogP contribution < -0.4 is 11.1 Å². The summed E-state index contributed by atoms with van der Waals surface area (Å²) in [6.45, 7) is 1.32. The van der Waals surface area contributed by atoms with Crippen molar-refractivity contribution in [2.75, 3.05) is 18.4 Å². The number of carbonyl (C=O) groups excluding carboxylic acids is 1. The van der Waals surface area contributed by atoms with Crippen LogP contribution in [0.1, 0.15) is 12.0 Å². The predicted octanol–water partition coefficient (Wildman–Crippen LogP) is 0.531. The summed E-state index contributed by atoms with van der Waals surface area (Å²) in [6, 6.07) is 5.05. The van der Waals surface area contributed by atoms with Gasteiger partial charge in [-0.05, 0) is 36.6 Å². The lowest BCUT2D eigenvalue weighted by molar-refractivity contribution is -0.121. The highest BCUT2D eigenvalue weighted by atomic mass is 16.3. The Balaban J connectivity index is 1.84. The van der Waals surface area contributed by atoms with Gasteiger partial charge in [-0.3, -0.25) is 9.69 Å². The van der Waals surface area contributed by atoms with Crippen molar-refractivity contribution in [1.29, 1.82) is 0 Å². The monoisotopic (exact) mass is 246 g/mol. The number of aliphatic hydroxyl groups is 1. The van der Waals surface area contributed by atoms with E-state index in [2.05, 4.69) is 5.32 Å². The molecule has 0 bridgehead atoms. The van der Waals surface area contributed by atoms with Gasteiger partial charge in [0.2, 0.25) is 5.91 Å². The Kier molecular flexibility index (Phi) is 2.72. The lowest BCUT2D eigenvalue weighted by Crippen LogP contribution is -2.47. The van der Waals surface area contributed by atoms with E-state index in [-0.39, 0.29) is 18.1 Å². The molecule has 3 rings (SSSR count). The summed E-state index contributed by atoms with van der Waals surface area (Å²) in [7, 11) is 0. The van der Waals surface area contributed by atoms with Crippen LogP contribution in [0.5, 0.6) is 0 Å². The lowest BCUT2D eigenvalue weighted by Gasteiger charge is -2.31. The second kappa shape index (κ2) is 4.26.